The highest BCUT2D eigenvalue weighted by atomic mass is 16.2. The Bertz CT molecular complexity index is 1090. The molecule has 0 saturated carbocycles. The Hall–Kier alpha value is -3.34. The number of amides is 2. The summed E-state index contributed by atoms with van der Waals surface area (Å²) in [5.74, 6) is -0.00819. The van der Waals surface area contributed by atoms with Crippen LogP contribution in [0.5, 0.6) is 0 Å². The van der Waals surface area contributed by atoms with Gasteiger partial charge in [0, 0.05) is 52.6 Å². The zero-order chi connectivity index (χ0) is 19.7. The molecular weight excluding hydrogens is 350 g/mol. The first kappa shape index (κ1) is 18.0. The van der Waals surface area contributed by atoms with Gasteiger partial charge in [0.1, 0.15) is 6.54 Å². The van der Waals surface area contributed by atoms with E-state index in [0.29, 0.717) is 18.7 Å². The van der Waals surface area contributed by atoms with E-state index in [-0.39, 0.29) is 18.4 Å². The van der Waals surface area contributed by atoms with Crippen molar-refractivity contribution < 1.29 is 9.59 Å². The Morgan fingerprint density at radius 3 is 2.57 bits per heavy atom. The molecule has 2 heterocycles. The van der Waals surface area contributed by atoms with Crippen LogP contribution in [0.25, 0.3) is 22.6 Å². The summed E-state index contributed by atoms with van der Waals surface area (Å²) < 4.78 is 1.97. The lowest BCUT2D eigenvalue weighted by Gasteiger charge is -2.19. The molecule has 0 aliphatic carbocycles. The predicted octanol–water partition coefficient (Wildman–Crippen LogP) is 4.00. The summed E-state index contributed by atoms with van der Waals surface area (Å²) in [5.41, 5.74) is 4.31. The molecule has 1 aliphatic rings. The van der Waals surface area contributed by atoms with Gasteiger partial charge in [0.2, 0.25) is 5.91 Å². The van der Waals surface area contributed by atoms with Crippen LogP contribution in [0.2, 0.25) is 0 Å². The largest absolute Gasteiger partial charge is 0.342 e. The zero-order valence-electron chi connectivity index (χ0n) is 16.1. The lowest BCUT2D eigenvalue weighted by Crippen LogP contribution is -2.33. The van der Waals surface area contributed by atoms with Gasteiger partial charge in [0.15, 0.2) is 0 Å². The van der Waals surface area contributed by atoms with Crippen LogP contribution < -0.4 is 5.32 Å². The minimum atomic E-state index is -0.0998. The Morgan fingerprint density at radius 2 is 1.79 bits per heavy atom. The molecule has 3 aromatic rings. The summed E-state index contributed by atoms with van der Waals surface area (Å²) in [6.45, 7) is 5.65. The van der Waals surface area contributed by atoms with Gasteiger partial charge in [-0.3, -0.25) is 9.59 Å². The number of nitrogens with one attached hydrogen (secondary N) is 1. The van der Waals surface area contributed by atoms with E-state index in [1.165, 1.54) is 0 Å². The topological polar surface area (TPSA) is 54.3 Å². The summed E-state index contributed by atoms with van der Waals surface area (Å²) in [4.78, 5) is 26.9. The van der Waals surface area contributed by atoms with Gasteiger partial charge in [-0.1, -0.05) is 36.4 Å². The second kappa shape index (κ2) is 7.35. The van der Waals surface area contributed by atoms with Crippen LogP contribution in [0.4, 0.5) is 5.69 Å². The van der Waals surface area contributed by atoms with Crippen LogP contribution >= 0.6 is 0 Å². The first-order valence-electron chi connectivity index (χ1n) is 9.60. The number of rotatable bonds is 5. The van der Waals surface area contributed by atoms with E-state index in [0.717, 1.165) is 27.7 Å². The fraction of sp³-hybridized carbons (Fsp3) is 0.217. The van der Waals surface area contributed by atoms with Gasteiger partial charge < -0.3 is 14.8 Å². The number of para-hydroxylation sites is 2. The average molecular weight is 373 g/mol. The molecule has 0 atom stereocenters. The Kier molecular flexibility index (Phi) is 4.74. The molecular formula is C23H23N3O2. The van der Waals surface area contributed by atoms with Gasteiger partial charge in [0.05, 0.1) is 0 Å². The van der Waals surface area contributed by atoms with Crippen molar-refractivity contribution in [2.45, 2.75) is 20.4 Å². The van der Waals surface area contributed by atoms with Crippen LogP contribution in [0.1, 0.15) is 25.0 Å². The number of carbonyl (C=O) groups excluding carboxylic acids is 2. The van der Waals surface area contributed by atoms with Crippen molar-refractivity contribution >= 4 is 40.1 Å². The molecule has 5 heteroatoms. The molecule has 0 radical (unpaired) electrons. The highest BCUT2D eigenvalue weighted by molar-refractivity contribution is 6.35. The van der Waals surface area contributed by atoms with Gasteiger partial charge in [-0.05, 0) is 32.1 Å². The molecule has 0 bridgehead atoms. The SMILES string of the molecule is CCN(CC)C(=O)Cn1cc(/C=C2/C(=O)Nc3ccccc32)c2ccccc21. The number of anilines is 1. The summed E-state index contributed by atoms with van der Waals surface area (Å²) in [6, 6.07) is 15.7. The monoisotopic (exact) mass is 373 g/mol. The van der Waals surface area contributed by atoms with E-state index in [1.54, 1.807) is 0 Å². The van der Waals surface area contributed by atoms with Crippen molar-refractivity contribution in [2.24, 2.45) is 0 Å². The molecule has 4 rings (SSSR count). The van der Waals surface area contributed by atoms with E-state index in [4.69, 9.17) is 0 Å². The van der Waals surface area contributed by atoms with Crippen molar-refractivity contribution in [1.29, 1.82) is 0 Å². The van der Waals surface area contributed by atoms with Gasteiger partial charge in [-0.2, -0.15) is 0 Å². The zero-order valence-corrected chi connectivity index (χ0v) is 16.1. The highest BCUT2D eigenvalue weighted by Gasteiger charge is 2.24. The van der Waals surface area contributed by atoms with Crippen LogP contribution in [0.3, 0.4) is 0 Å². The van der Waals surface area contributed by atoms with E-state index in [1.807, 2.05) is 84.1 Å². The van der Waals surface area contributed by atoms with Crippen LogP contribution in [-0.4, -0.2) is 34.4 Å². The lowest BCUT2D eigenvalue weighted by atomic mass is 10.0. The lowest BCUT2D eigenvalue weighted by molar-refractivity contribution is -0.131. The normalized spacial score (nSPS) is 14.4. The van der Waals surface area contributed by atoms with Gasteiger partial charge in [0.25, 0.3) is 5.91 Å². The van der Waals surface area contributed by atoms with Crippen molar-refractivity contribution in [3.63, 3.8) is 0 Å². The number of nitrogens with zero attached hydrogens (tertiary/aromatic N) is 2. The molecule has 142 valence electrons. The maximum atomic E-state index is 12.6. The maximum absolute atomic E-state index is 12.6. The maximum Gasteiger partial charge on any atom is 0.256 e. The molecule has 0 spiro atoms. The minimum Gasteiger partial charge on any atom is -0.342 e. The second-order valence-electron chi connectivity index (χ2n) is 6.85. The quantitative estimate of drug-likeness (QED) is 0.687. The number of carbonyl (C=O) groups is 2. The number of hydrogen-bond donors (Lipinski definition) is 1. The smallest absolute Gasteiger partial charge is 0.256 e. The van der Waals surface area contributed by atoms with Gasteiger partial charge in [-0.15, -0.1) is 0 Å². The van der Waals surface area contributed by atoms with E-state index in [9.17, 15) is 9.59 Å². The van der Waals surface area contributed by atoms with Crippen molar-refractivity contribution in [1.82, 2.24) is 9.47 Å². The molecule has 1 aliphatic heterocycles. The van der Waals surface area contributed by atoms with Crippen LogP contribution in [-0.2, 0) is 16.1 Å². The molecule has 0 fully saturated rings. The van der Waals surface area contributed by atoms with E-state index < -0.39 is 0 Å². The van der Waals surface area contributed by atoms with Crippen LogP contribution in [0.15, 0.2) is 54.7 Å². The fourth-order valence-corrected chi connectivity index (χ4v) is 3.78. The summed E-state index contributed by atoms with van der Waals surface area (Å²) in [6.07, 6.45) is 3.88. The highest BCUT2D eigenvalue weighted by Crippen LogP contribution is 2.34. The predicted molar refractivity (Wildman–Crippen MR) is 113 cm³/mol. The summed E-state index contributed by atoms with van der Waals surface area (Å²) in [5, 5.41) is 3.94. The first-order chi connectivity index (χ1) is 13.6. The standard InChI is InChI=1S/C23H23N3O2/c1-3-25(4-2)22(27)15-26-14-16(17-9-6-8-12-21(17)26)13-19-18-10-5-7-11-20(18)24-23(19)28/h5-14H,3-4,15H2,1-2H3,(H,24,28)/b19-13+. The molecule has 1 aromatic heterocycles. The van der Waals surface area contributed by atoms with E-state index in [2.05, 4.69) is 5.32 Å². The summed E-state index contributed by atoms with van der Waals surface area (Å²) in [7, 11) is 0. The molecule has 2 aromatic carbocycles. The van der Waals surface area contributed by atoms with Gasteiger partial charge >= 0.3 is 0 Å². The van der Waals surface area contributed by atoms with Crippen molar-refractivity contribution in [3.05, 3.63) is 65.9 Å². The van der Waals surface area contributed by atoms with Crippen LogP contribution in [0, 0.1) is 0 Å². The first-order valence-corrected chi connectivity index (χ1v) is 9.60. The summed E-state index contributed by atoms with van der Waals surface area (Å²) >= 11 is 0. The third-order valence-corrected chi connectivity index (χ3v) is 5.25. The number of hydrogen-bond acceptors (Lipinski definition) is 2. The third kappa shape index (κ3) is 3.09. The van der Waals surface area contributed by atoms with Gasteiger partial charge in [-0.25, -0.2) is 0 Å². The Morgan fingerprint density at radius 1 is 1.07 bits per heavy atom. The molecule has 1 N–H and O–H groups in total. The average Bonchev–Trinajstić information content (AvgIpc) is 3.21. The molecule has 0 saturated heterocycles. The number of likely N-dealkylation sites (N-methyl/N-ethyl adjacent to an activating group) is 1. The van der Waals surface area contributed by atoms with Crippen molar-refractivity contribution in [2.75, 3.05) is 18.4 Å². The van der Waals surface area contributed by atoms with E-state index >= 15 is 0 Å². The molecule has 2 amide bonds. The molecule has 28 heavy (non-hydrogen) atoms. The molecule has 0 unspecified atom stereocenters. The fourth-order valence-electron chi connectivity index (χ4n) is 3.78. The number of fused-ring (bicyclic) bond motifs is 2. The molecule has 5 nitrogen and oxygen atoms in total. The minimum absolute atomic E-state index is 0.0916. The number of benzene rings is 2. The number of aromatic nitrogens is 1. The van der Waals surface area contributed by atoms with Crippen molar-refractivity contribution in [3.8, 4) is 0 Å². The third-order valence-electron chi connectivity index (χ3n) is 5.25. The Labute approximate surface area is 164 Å². The second-order valence-corrected chi connectivity index (χ2v) is 6.85. The Balaban J connectivity index is 1.77.